The summed E-state index contributed by atoms with van der Waals surface area (Å²) in [6, 6.07) is 5.67. The van der Waals surface area contributed by atoms with Gasteiger partial charge in [0, 0.05) is 25.2 Å². The van der Waals surface area contributed by atoms with E-state index < -0.39 is 10.0 Å². The summed E-state index contributed by atoms with van der Waals surface area (Å²) in [5, 5.41) is 2.87. The third kappa shape index (κ3) is 4.25. The van der Waals surface area contributed by atoms with E-state index in [1.165, 1.54) is 4.31 Å². The molecule has 21 heavy (non-hydrogen) atoms. The van der Waals surface area contributed by atoms with Crippen molar-refractivity contribution >= 4 is 15.9 Å². The minimum absolute atomic E-state index is 0.0803. The number of H-pyrrole nitrogens is 1. The summed E-state index contributed by atoms with van der Waals surface area (Å²) in [7, 11) is -3.21. The number of rotatable bonds is 5. The summed E-state index contributed by atoms with van der Waals surface area (Å²) < 4.78 is 25.2. The Morgan fingerprint density at radius 3 is 2.95 bits per heavy atom. The van der Waals surface area contributed by atoms with Crippen LogP contribution in [0.25, 0.3) is 0 Å². The maximum Gasteiger partial charge on any atom is 0.224 e. The molecule has 1 aliphatic heterocycles. The van der Waals surface area contributed by atoms with Crippen LogP contribution in [0.2, 0.25) is 0 Å². The number of carbonyl (C=O) groups excluding carboxylic acids is 1. The Kier molecular flexibility index (Phi) is 5.30. The van der Waals surface area contributed by atoms with E-state index in [1.54, 1.807) is 13.1 Å². The van der Waals surface area contributed by atoms with Crippen LogP contribution in [0.1, 0.15) is 25.5 Å². The van der Waals surface area contributed by atoms with Crippen molar-refractivity contribution in [1.82, 2.24) is 9.62 Å². The molecule has 1 atom stereocenters. The number of aromatic amines is 1. The van der Waals surface area contributed by atoms with Crippen LogP contribution in [0.4, 0.5) is 0 Å². The highest BCUT2D eigenvalue weighted by Gasteiger charge is 2.31. The fourth-order valence-corrected chi connectivity index (χ4v) is 3.64. The number of carbonyl (C=O) groups is 1. The molecule has 1 aromatic heterocycles. The van der Waals surface area contributed by atoms with Crippen LogP contribution in [0.3, 0.4) is 0 Å². The molecule has 1 unspecified atom stereocenters. The third-order valence-electron chi connectivity index (χ3n) is 3.74. The zero-order valence-corrected chi connectivity index (χ0v) is 13.0. The minimum atomic E-state index is -3.21. The second-order valence-electron chi connectivity index (χ2n) is 5.20. The summed E-state index contributed by atoms with van der Waals surface area (Å²) in [4.78, 5) is 15.2. The molecule has 1 amide bonds. The van der Waals surface area contributed by atoms with E-state index in [1.807, 2.05) is 18.2 Å². The van der Waals surface area contributed by atoms with Crippen LogP contribution >= 0.6 is 0 Å². The second-order valence-corrected chi connectivity index (χ2v) is 7.46. The third-order valence-corrected chi connectivity index (χ3v) is 5.59. The molecule has 2 heterocycles. The second kappa shape index (κ2) is 7.00. The van der Waals surface area contributed by atoms with E-state index >= 15 is 0 Å². The van der Waals surface area contributed by atoms with Crippen molar-refractivity contribution in [2.24, 2.45) is 5.92 Å². The van der Waals surface area contributed by atoms with Gasteiger partial charge in [0.25, 0.3) is 0 Å². The van der Waals surface area contributed by atoms with E-state index in [4.69, 9.17) is 0 Å². The molecule has 1 aliphatic rings. The topological polar surface area (TPSA) is 80.6 Å². The van der Waals surface area contributed by atoms with Gasteiger partial charge in [-0.25, -0.2) is 17.7 Å². The summed E-state index contributed by atoms with van der Waals surface area (Å²) in [5.74, 6) is -0.257. The quantitative estimate of drug-likeness (QED) is 0.842. The molecule has 1 aromatic rings. The Morgan fingerprint density at radius 1 is 1.48 bits per heavy atom. The highest BCUT2D eigenvalue weighted by molar-refractivity contribution is 7.89. The molecule has 0 bridgehead atoms. The Balaban J connectivity index is 1.90. The fourth-order valence-electron chi connectivity index (χ4n) is 2.46. The lowest BCUT2D eigenvalue weighted by molar-refractivity contribution is -0.390. The van der Waals surface area contributed by atoms with Crippen LogP contribution in [0.5, 0.6) is 0 Å². The summed E-state index contributed by atoms with van der Waals surface area (Å²) in [6.45, 7) is 2.87. The molecule has 1 saturated heterocycles. The number of amides is 1. The Labute approximate surface area is 125 Å². The smallest absolute Gasteiger partial charge is 0.224 e. The van der Waals surface area contributed by atoms with Crippen LogP contribution in [-0.2, 0) is 21.4 Å². The van der Waals surface area contributed by atoms with Gasteiger partial charge in [-0.05, 0) is 19.8 Å². The predicted molar refractivity (Wildman–Crippen MR) is 78.6 cm³/mol. The lowest BCUT2D eigenvalue weighted by Gasteiger charge is -2.30. The first-order chi connectivity index (χ1) is 10.0. The largest absolute Gasteiger partial charge is 0.346 e. The molecule has 7 heteroatoms. The highest BCUT2D eigenvalue weighted by atomic mass is 32.2. The fraction of sp³-hybridized carbons (Fsp3) is 0.571. The van der Waals surface area contributed by atoms with E-state index in [9.17, 15) is 13.2 Å². The van der Waals surface area contributed by atoms with Gasteiger partial charge in [0.2, 0.25) is 15.9 Å². The molecule has 6 nitrogen and oxygen atoms in total. The average molecular weight is 312 g/mol. The summed E-state index contributed by atoms with van der Waals surface area (Å²) in [6.07, 6.45) is 3.27. The number of pyridine rings is 1. The average Bonchev–Trinajstić information content (AvgIpc) is 2.53. The highest BCUT2D eigenvalue weighted by Crippen LogP contribution is 2.19. The number of nitrogens with one attached hydrogen (secondary N) is 2. The molecule has 0 saturated carbocycles. The molecule has 2 N–H and O–H groups in total. The van der Waals surface area contributed by atoms with Gasteiger partial charge in [0.05, 0.1) is 11.7 Å². The van der Waals surface area contributed by atoms with Crippen LogP contribution < -0.4 is 10.3 Å². The number of hydrogen-bond donors (Lipinski definition) is 1. The maximum absolute atomic E-state index is 12.2. The SMILES string of the molecule is CCS(=O)(=O)N1CCCC(C(=O)NCc2cccc[nH+]2)C1. The van der Waals surface area contributed by atoms with Crippen LogP contribution in [0.15, 0.2) is 24.4 Å². The van der Waals surface area contributed by atoms with E-state index in [2.05, 4.69) is 10.3 Å². The van der Waals surface area contributed by atoms with Crippen molar-refractivity contribution < 1.29 is 18.2 Å². The molecular formula is C14H22N3O3S+. The van der Waals surface area contributed by atoms with Crippen molar-refractivity contribution in [3.63, 3.8) is 0 Å². The first-order valence-electron chi connectivity index (χ1n) is 7.24. The number of piperidine rings is 1. The number of sulfonamides is 1. The van der Waals surface area contributed by atoms with Crippen LogP contribution in [0, 0.1) is 5.92 Å². The normalized spacial score (nSPS) is 20.1. The number of hydrogen-bond acceptors (Lipinski definition) is 3. The van der Waals surface area contributed by atoms with Crippen molar-refractivity contribution in [2.45, 2.75) is 26.3 Å². The lowest BCUT2D eigenvalue weighted by atomic mass is 9.99. The van der Waals surface area contributed by atoms with Crippen molar-refractivity contribution in [2.75, 3.05) is 18.8 Å². The minimum Gasteiger partial charge on any atom is -0.346 e. The standard InChI is InChI=1S/C14H21N3O3S/c1-2-21(19,20)17-9-5-6-12(11-17)14(18)16-10-13-7-3-4-8-15-13/h3-4,7-8,12H,2,5-6,9-11H2,1H3,(H,16,18)/p+1. The van der Waals surface area contributed by atoms with Gasteiger partial charge in [-0.3, -0.25) is 4.79 Å². The zero-order valence-electron chi connectivity index (χ0n) is 12.2. The first-order valence-corrected chi connectivity index (χ1v) is 8.85. The van der Waals surface area contributed by atoms with Gasteiger partial charge in [-0.1, -0.05) is 6.07 Å². The van der Waals surface area contributed by atoms with E-state index in [-0.39, 0.29) is 17.6 Å². The molecule has 0 radical (unpaired) electrons. The van der Waals surface area contributed by atoms with Crippen molar-refractivity contribution in [3.05, 3.63) is 30.1 Å². The van der Waals surface area contributed by atoms with Gasteiger partial charge < -0.3 is 5.32 Å². The molecule has 0 aliphatic carbocycles. The van der Waals surface area contributed by atoms with Gasteiger partial charge in [-0.15, -0.1) is 0 Å². The lowest BCUT2D eigenvalue weighted by Crippen LogP contribution is -2.45. The monoisotopic (exact) mass is 312 g/mol. The van der Waals surface area contributed by atoms with Crippen LogP contribution in [-0.4, -0.2) is 37.5 Å². The Hall–Kier alpha value is -1.47. The van der Waals surface area contributed by atoms with Gasteiger partial charge >= 0.3 is 0 Å². The summed E-state index contributed by atoms with van der Waals surface area (Å²) in [5.41, 5.74) is 0.916. The van der Waals surface area contributed by atoms with Crippen molar-refractivity contribution in [1.29, 1.82) is 0 Å². The molecule has 0 spiro atoms. The predicted octanol–water partition coefficient (Wildman–Crippen LogP) is 0.179. The molecule has 1 fully saturated rings. The first kappa shape index (κ1) is 15.9. The Bertz CT molecular complexity index is 574. The number of aromatic nitrogens is 1. The molecular weight excluding hydrogens is 290 g/mol. The van der Waals surface area contributed by atoms with Gasteiger partial charge in [0.15, 0.2) is 11.9 Å². The molecule has 2 rings (SSSR count). The van der Waals surface area contributed by atoms with Gasteiger partial charge in [-0.2, -0.15) is 0 Å². The Morgan fingerprint density at radius 2 is 2.29 bits per heavy atom. The van der Waals surface area contributed by atoms with E-state index in [0.717, 1.165) is 18.5 Å². The molecule has 0 aromatic carbocycles. The molecule has 116 valence electrons. The zero-order chi connectivity index (χ0) is 15.3. The van der Waals surface area contributed by atoms with Gasteiger partial charge in [0.1, 0.15) is 6.54 Å². The summed E-state index contributed by atoms with van der Waals surface area (Å²) >= 11 is 0. The van der Waals surface area contributed by atoms with E-state index in [0.29, 0.717) is 19.6 Å². The number of nitrogens with zero attached hydrogens (tertiary/aromatic N) is 1. The van der Waals surface area contributed by atoms with Crippen molar-refractivity contribution in [3.8, 4) is 0 Å². The maximum atomic E-state index is 12.2.